The van der Waals surface area contributed by atoms with Crippen LogP contribution < -0.4 is 4.74 Å². The van der Waals surface area contributed by atoms with E-state index in [1.165, 1.54) is 5.56 Å². The van der Waals surface area contributed by atoms with Crippen molar-refractivity contribution in [1.29, 1.82) is 0 Å². The van der Waals surface area contributed by atoms with Gasteiger partial charge in [-0.1, -0.05) is 54.5 Å². The minimum atomic E-state index is -1.01. The first-order chi connectivity index (χ1) is 20.3. The summed E-state index contributed by atoms with van der Waals surface area (Å²) >= 11 is 0. The smallest absolute Gasteiger partial charge is 0.298 e. The molecular formula is C36H40N2O4. The maximum absolute atomic E-state index is 13.3. The molecule has 1 saturated carbocycles. The van der Waals surface area contributed by atoms with Crippen LogP contribution in [0.1, 0.15) is 53.5 Å². The molecule has 0 radical (unpaired) electrons. The average molecular weight is 565 g/mol. The lowest BCUT2D eigenvalue weighted by Gasteiger charge is -2.65. The number of phenolic OH excluding ortho intramolecular Hbond substituents is 1. The van der Waals surface area contributed by atoms with Crippen LogP contribution in [-0.2, 0) is 23.1 Å². The normalized spacial score (nSPS) is 26.3. The third-order valence-corrected chi connectivity index (χ3v) is 10.1. The highest BCUT2D eigenvalue weighted by Gasteiger charge is 2.66. The standard InChI is InChI=1S/C36H40N2O4/c1-25-8-7-11-27(22-25)12-15-32(40)37(2)29-16-18-36(41)31-23-28-13-14-30(39)34(42-3)33(28)35(36,24-29)19-21-38(31)20-17-26-9-5-4-6-10-26/h4-11,13-14,22,29,31,39,41H,16-21,23-24H2,1-3H3/t29-,31-,35-,36-/m1/s1. The highest BCUT2D eigenvalue weighted by Crippen LogP contribution is 2.61. The van der Waals surface area contributed by atoms with Gasteiger partial charge in [0, 0.05) is 48.1 Å². The number of likely N-dealkylation sites (tertiary alicyclic amines) is 1. The first kappa shape index (κ1) is 28.3. The van der Waals surface area contributed by atoms with Crippen molar-refractivity contribution in [1.82, 2.24) is 9.80 Å². The highest BCUT2D eigenvalue weighted by molar-refractivity contribution is 5.94. The van der Waals surface area contributed by atoms with E-state index in [9.17, 15) is 15.0 Å². The molecule has 3 aromatic carbocycles. The summed E-state index contributed by atoms with van der Waals surface area (Å²) in [5, 5.41) is 23.7. The highest BCUT2D eigenvalue weighted by atomic mass is 16.5. The number of phenols is 1. The quantitative estimate of drug-likeness (QED) is 0.443. The number of nitrogens with zero attached hydrogens (tertiary/aromatic N) is 2. The zero-order valence-electron chi connectivity index (χ0n) is 24.8. The number of methoxy groups -OCH3 is 1. The number of hydrogen-bond acceptors (Lipinski definition) is 5. The van der Waals surface area contributed by atoms with Gasteiger partial charge in [-0.05, 0) is 86.9 Å². The van der Waals surface area contributed by atoms with E-state index < -0.39 is 11.0 Å². The molecule has 0 spiro atoms. The number of fused-ring (bicyclic) bond motifs is 1. The summed E-state index contributed by atoms with van der Waals surface area (Å²) in [5.74, 6) is 6.21. The number of benzene rings is 3. The Hall–Kier alpha value is -3.79. The molecule has 2 fully saturated rings. The van der Waals surface area contributed by atoms with Crippen molar-refractivity contribution in [2.24, 2.45) is 0 Å². The van der Waals surface area contributed by atoms with Crippen LogP contribution in [0, 0.1) is 18.8 Å². The molecule has 1 saturated heterocycles. The van der Waals surface area contributed by atoms with Crippen LogP contribution in [0.4, 0.5) is 0 Å². The van der Waals surface area contributed by atoms with E-state index in [0.717, 1.165) is 48.2 Å². The Morgan fingerprint density at radius 1 is 1.12 bits per heavy atom. The molecule has 2 bridgehead atoms. The Balaban J connectivity index is 1.33. The van der Waals surface area contributed by atoms with Crippen molar-refractivity contribution in [3.63, 3.8) is 0 Å². The summed E-state index contributed by atoms with van der Waals surface area (Å²) in [6.45, 7) is 3.71. The Labute approximate surface area is 248 Å². The number of ether oxygens (including phenoxy) is 1. The van der Waals surface area contributed by atoms with Gasteiger partial charge in [-0.15, -0.1) is 0 Å². The molecule has 2 aliphatic carbocycles. The Morgan fingerprint density at radius 3 is 2.69 bits per heavy atom. The predicted molar refractivity (Wildman–Crippen MR) is 164 cm³/mol. The van der Waals surface area contributed by atoms with Gasteiger partial charge >= 0.3 is 0 Å². The van der Waals surface area contributed by atoms with Gasteiger partial charge in [0.1, 0.15) is 0 Å². The van der Waals surface area contributed by atoms with Crippen molar-refractivity contribution in [3.8, 4) is 23.3 Å². The van der Waals surface area contributed by atoms with Crippen molar-refractivity contribution >= 4 is 5.91 Å². The van der Waals surface area contributed by atoms with E-state index in [-0.39, 0.29) is 23.7 Å². The molecule has 0 aromatic heterocycles. The maximum Gasteiger partial charge on any atom is 0.298 e. The van der Waals surface area contributed by atoms with E-state index >= 15 is 0 Å². The number of aromatic hydroxyl groups is 1. The second-order valence-electron chi connectivity index (χ2n) is 12.3. The number of carbonyl (C=O) groups excluding carboxylic acids is 1. The average Bonchev–Trinajstić information content (AvgIpc) is 2.99. The number of rotatable bonds is 5. The largest absolute Gasteiger partial charge is 0.504 e. The first-order valence-corrected chi connectivity index (χ1v) is 15.0. The number of amides is 1. The molecule has 3 aromatic rings. The minimum absolute atomic E-state index is 0.0558. The molecule has 1 heterocycles. The topological polar surface area (TPSA) is 73.2 Å². The van der Waals surface area contributed by atoms with Crippen LogP contribution in [-0.4, -0.2) is 70.9 Å². The van der Waals surface area contributed by atoms with E-state index in [2.05, 4.69) is 41.0 Å². The van der Waals surface area contributed by atoms with Crippen molar-refractivity contribution in [3.05, 3.63) is 94.5 Å². The third-order valence-electron chi connectivity index (χ3n) is 10.1. The molecule has 2 N–H and O–H groups in total. The Bertz CT molecular complexity index is 1540. The van der Waals surface area contributed by atoms with Gasteiger partial charge in [0.15, 0.2) is 11.5 Å². The number of aliphatic hydroxyl groups is 1. The first-order valence-electron chi connectivity index (χ1n) is 15.0. The molecule has 3 aliphatic rings. The van der Waals surface area contributed by atoms with Gasteiger partial charge in [-0.25, -0.2) is 0 Å². The minimum Gasteiger partial charge on any atom is -0.504 e. The summed E-state index contributed by atoms with van der Waals surface area (Å²) < 4.78 is 5.82. The van der Waals surface area contributed by atoms with Crippen LogP contribution >= 0.6 is 0 Å². The molecule has 0 unspecified atom stereocenters. The maximum atomic E-state index is 13.3. The van der Waals surface area contributed by atoms with Crippen LogP contribution in [0.15, 0.2) is 66.7 Å². The molecule has 6 nitrogen and oxygen atoms in total. The lowest BCUT2D eigenvalue weighted by molar-refractivity contribution is -0.177. The molecule has 1 amide bonds. The number of aryl methyl sites for hydroxylation is 1. The van der Waals surface area contributed by atoms with Crippen LogP contribution in [0.5, 0.6) is 11.5 Å². The zero-order valence-corrected chi connectivity index (χ0v) is 24.8. The lowest BCUT2D eigenvalue weighted by Crippen LogP contribution is -2.74. The lowest BCUT2D eigenvalue weighted by atomic mass is 9.48. The van der Waals surface area contributed by atoms with E-state index in [4.69, 9.17) is 4.74 Å². The summed E-state index contributed by atoms with van der Waals surface area (Å²) in [4.78, 5) is 17.6. The SMILES string of the molecule is COc1c(O)ccc2c1[C@]13CCN(CCc4ccccc4)[C@H](C2)[C@]1(O)CC[C@@H](N(C)C(=O)C#Cc1cccc(C)c1)C3. The third kappa shape index (κ3) is 4.75. The second kappa shape index (κ2) is 11.1. The van der Waals surface area contributed by atoms with Gasteiger partial charge in [-0.2, -0.15) is 0 Å². The number of piperidine rings is 1. The van der Waals surface area contributed by atoms with Crippen LogP contribution in [0.3, 0.4) is 0 Å². The predicted octanol–water partition coefficient (Wildman–Crippen LogP) is 4.61. The van der Waals surface area contributed by atoms with Crippen LogP contribution in [0.2, 0.25) is 0 Å². The summed E-state index contributed by atoms with van der Waals surface area (Å²) in [6, 6.07) is 21.9. The van der Waals surface area contributed by atoms with Gasteiger partial charge in [0.05, 0.1) is 12.7 Å². The van der Waals surface area contributed by atoms with Gasteiger partial charge < -0.3 is 19.8 Å². The van der Waals surface area contributed by atoms with Gasteiger partial charge in [0.2, 0.25) is 0 Å². The molecule has 4 atom stereocenters. The van der Waals surface area contributed by atoms with Crippen molar-refractivity contribution in [2.75, 3.05) is 27.2 Å². The van der Waals surface area contributed by atoms with Crippen molar-refractivity contribution < 1.29 is 19.7 Å². The monoisotopic (exact) mass is 564 g/mol. The van der Waals surface area contributed by atoms with E-state index in [1.807, 2.05) is 50.4 Å². The van der Waals surface area contributed by atoms with Crippen LogP contribution in [0.25, 0.3) is 0 Å². The summed E-state index contributed by atoms with van der Waals surface area (Å²) in [5.41, 5.74) is 3.58. The summed E-state index contributed by atoms with van der Waals surface area (Å²) in [7, 11) is 3.41. The molecular weight excluding hydrogens is 524 g/mol. The van der Waals surface area contributed by atoms with Crippen molar-refractivity contribution in [2.45, 2.75) is 68.5 Å². The molecule has 42 heavy (non-hydrogen) atoms. The van der Waals surface area contributed by atoms with E-state index in [1.54, 1.807) is 18.1 Å². The summed E-state index contributed by atoms with van der Waals surface area (Å²) in [6.07, 6.45) is 4.17. The van der Waals surface area contributed by atoms with Gasteiger partial charge in [0.25, 0.3) is 5.91 Å². The number of hydrogen-bond donors (Lipinski definition) is 2. The molecule has 6 heteroatoms. The fourth-order valence-electron chi connectivity index (χ4n) is 7.99. The Kier molecular flexibility index (Phi) is 7.51. The fraction of sp³-hybridized carbons (Fsp3) is 0.417. The van der Waals surface area contributed by atoms with E-state index in [0.29, 0.717) is 31.4 Å². The zero-order chi connectivity index (χ0) is 29.5. The number of carbonyl (C=O) groups is 1. The fourth-order valence-corrected chi connectivity index (χ4v) is 7.99. The van der Waals surface area contributed by atoms with Gasteiger partial charge in [-0.3, -0.25) is 9.69 Å². The Morgan fingerprint density at radius 2 is 1.93 bits per heavy atom. The molecule has 218 valence electrons. The molecule has 1 aliphatic heterocycles. The second-order valence-corrected chi connectivity index (χ2v) is 12.3. The molecule has 6 rings (SSSR count).